The maximum Gasteiger partial charge on any atom is 0.336 e. The molecule has 5 heteroatoms. The van der Waals surface area contributed by atoms with Crippen molar-refractivity contribution in [1.82, 2.24) is 0 Å². The fraction of sp³-hybridized carbons (Fsp3) is 0.429. The van der Waals surface area contributed by atoms with E-state index >= 15 is 0 Å². The average molecular weight is 174 g/mol. The van der Waals surface area contributed by atoms with Crippen LogP contribution in [0.15, 0.2) is 12.2 Å². The van der Waals surface area contributed by atoms with Gasteiger partial charge in [-0.2, -0.15) is 0 Å². The molecule has 1 atom stereocenters. The second-order valence-corrected chi connectivity index (χ2v) is 2.23. The number of carboxylic acids is 1. The van der Waals surface area contributed by atoms with E-state index in [9.17, 15) is 9.59 Å². The van der Waals surface area contributed by atoms with Crippen molar-refractivity contribution in [2.24, 2.45) is 0 Å². The molecule has 0 fully saturated rings. The number of carboxylic acid groups (broad SMARTS) is 1. The molecular weight excluding hydrogens is 164 g/mol. The van der Waals surface area contributed by atoms with Crippen molar-refractivity contribution in [1.29, 1.82) is 0 Å². The standard InChI is InChI=1S/C7H10O5/c1-4(2)7(11)12-3-5(8)6(9)10/h5,8H,1,3H2,2H3,(H,9,10). The highest BCUT2D eigenvalue weighted by Gasteiger charge is 2.15. The first kappa shape index (κ1) is 10.6. The molecule has 0 aromatic rings. The van der Waals surface area contributed by atoms with Gasteiger partial charge in [-0.05, 0) is 6.92 Å². The molecule has 2 N–H and O–H groups in total. The van der Waals surface area contributed by atoms with Crippen LogP contribution >= 0.6 is 0 Å². The summed E-state index contributed by atoms with van der Waals surface area (Å²) in [4.78, 5) is 20.7. The molecule has 0 saturated carbocycles. The van der Waals surface area contributed by atoms with Gasteiger partial charge in [0.05, 0.1) is 0 Å². The lowest BCUT2D eigenvalue weighted by molar-refractivity contribution is -0.154. The van der Waals surface area contributed by atoms with Gasteiger partial charge in [0.1, 0.15) is 6.61 Å². The van der Waals surface area contributed by atoms with Gasteiger partial charge < -0.3 is 14.9 Å². The zero-order valence-electron chi connectivity index (χ0n) is 6.61. The number of aliphatic carboxylic acids is 1. The molecule has 68 valence electrons. The Bertz CT molecular complexity index is 208. The summed E-state index contributed by atoms with van der Waals surface area (Å²) in [6.45, 7) is 4.15. The molecule has 0 aliphatic heterocycles. The monoisotopic (exact) mass is 174 g/mol. The lowest BCUT2D eigenvalue weighted by Gasteiger charge is -2.06. The summed E-state index contributed by atoms with van der Waals surface area (Å²) >= 11 is 0. The summed E-state index contributed by atoms with van der Waals surface area (Å²) in [5.74, 6) is -2.14. The number of hydrogen-bond acceptors (Lipinski definition) is 4. The van der Waals surface area contributed by atoms with Crippen LogP contribution in [0.25, 0.3) is 0 Å². The Hall–Kier alpha value is -1.36. The van der Waals surface area contributed by atoms with Crippen molar-refractivity contribution >= 4 is 11.9 Å². The van der Waals surface area contributed by atoms with E-state index in [0.717, 1.165) is 0 Å². The van der Waals surface area contributed by atoms with Crippen molar-refractivity contribution in [3.05, 3.63) is 12.2 Å². The van der Waals surface area contributed by atoms with Gasteiger partial charge in [-0.1, -0.05) is 6.58 Å². The van der Waals surface area contributed by atoms with Gasteiger partial charge in [-0.25, -0.2) is 9.59 Å². The van der Waals surface area contributed by atoms with Crippen LogP contribution in [0.5, 0.6) is 0 Å². The first-order valence-electron chi connectivity index (χ1n) is 3.18. The Balaban J connectivity index is 3.76. The van der Waals surface area contributed by atoms with Crippen molar-refractivity contribution in [2.45, 2.75) is 13.0 Å². The first-order valence-corrected chi connectivity index (χ1v) is 3.18. The first-order chi connectivity index (χ1) is 5.45. The highest BCUT2D eigenvalue weighted by molar-refractivity contribution is 5.87. The lowest BCUT2D eigenvalue weighted by Crippen LogP contribution is -2.27. The minimum absolute atomic E-state index is 0.160. The lowest BCUT2D eigenvalue weighted by atomic mass is 10.3. The van der Waals surface area contributed by atoms with Crippen LogP contribution in [0.2, 0.25) is 0 Å². The van der Waals surface area contributed by atoms with E-state index in [1.54, 1.807) is 0 Å². The smallest absolute Gasteiger partial charge is 0.336 e. The third-order valence-corrected chi connectivity index (χ3v) is 1.01. The van der Waals surface area contributed by atoms with Gasteiger partial charge in [0.2, 0.25) is 0 Å². The van der Waals surface area contributed by atoms with E-state index in [1.165, 1.54) is 6.92 Å². The predicted octanol–water partition coefficient (Wildman–Crippen LogP) is -0.449. The molecule has 0 aliphatic rings. The zero-order valence-corrected chi connectivity index (χ0v) is 6.61. The average Bonchev–Trinajstić information content (AvgIpc) is 1.98. The largest absolute Gasteiger partial charge is 0.479 e. The van der Waals surface area contributed by atoms with Gasteiger partial charge >= 0.3 is 11.9 Å². The third-order valence-electron chi connectivity index (χ3n) is 1.01. The second kappa shape index (κ2) is 4.50. The van der Waals surface area contributed by atoms with Gasteiger partial charge in [0.15, 0.2) is 6.10 Å². The molecule has 12 heavy (non-hydrogen) atoms. The summed E-state index contributed by atoms with van der Waals surface area (Å²) in [7, 11) is 0. The Labute approximate surface area is 69.3 Å². The molecular formula is C7H10O5. The van der Waals surface area contributed by atoms with Crippen molar-refractivity contribution < 1.29 is 24.5 Å². The van der Waals surface area contributed by atoms with E-state index in [0.29, 0.717) is 0 Å². The van der Waals surface area contributed by atoms with Crippen LogP contribution in [-0.4, -0.2) is 34.9 Å². The molecule has 0 saturated heterocycles. The quantitative estimate of drug-likeness (QED) is 0.445. The number of rotatable bonds is 4. The number of esters is 1. The second-order valence-electron chi connectivity index (χ2n) is 2.23. The summed E-state index contributed by atoms with van der Waals surface area (Å²) in [6.07, 6.45) is -1.67. The summed E-state index contributed by atoms with van der Waals surface area (Å²) in [6, 6.07) is 0. The van der Waals surface area contributed by atoms with Gasteiger partial charge in [0, 0.05) is 5.57 Å². The van der Waals surface area contributed by atoms with Crippen molar-refractivity contribution in [2.75, 3.05) is 6.61 Å². The SMILES string of the molecule is C=C(C)C(=O)OCC(O)C(=O)O. The van der Waals surface area contributed by atoms with Crippen molar-refractivity contribution in [3.8, 4) is 0 Å². The van der Waals surface area contributed by atoms with Crippen LogP contribution in [0.4, 0.5) is 0 Å². The topological polar surface area (TPSA) is 83.8 Å². The number of hydrogen-bond donors (Lipinski definition) is 2. The predicted molar refractivity (Wildman–Crippen MR) is 39.4 cm³/mol. The minimum atomic E-state index is -1.67. The summed E-state index contributed by atoms with van der Waals surface area (Å²) in [5, 5.41) is 16.8. The fourth-order valence-corrected chi connectivity index (χ4v) is 0.349. The summed E-state index contributed by atoms with van der Waals surface area (Å²) < 4.78 is 4.36. The number of carbonyl (C=O) groups excluding carboxylic acids is 1. The normalized spacial score (nSPS) is 11.8. The Morgan fingerprint density at radius 3 is 2.42 bits per heavy atom. The maximum absolute atomic E-state index is 10.6. The fourth-order valence-electron chi connectivity index (χ4n) is 0.349. The minimum Gasteiger partial charge on any atom is -0.479 e. The highest BCUT2D eigenvalue weighted by Crippen LogP contribution is 1.93. The van der Waals surface area contributed by atoms with Crippen LogP contribution in [0.1, 0.15) is 6.92 Å². The molecule has 0 amide bonds. The zero-order chi connectivity index (χ0) is 9.72. The van der Waals surface area contributed by atoms with E-state index in [2.05, 4.69) is 11.3 Å². The number of carbonyl (C=O) groups is 2. The van der Waals surface area contributed by atoms with Gasteiger partial charge in [-0.3, -0.25) is 0 Å². The van der Waals surface area contributed by atoms with Gasteiger partial charge in [0.25, 0.3) is 0 Å². The number of ether oxygens (including phenoxy) is 1. The number of aliphatic hydroxyl groups is 1. The molecule has 1 unspecified atom stereocenters. The van der Waals surface area contributed by atoms with Crippen LogP contribution in [-0.2, 0) is 14.3 Å². The van der Waals surface area contributed by atoms with E-state index in [4.69, 9.17) is 10.2 Å². The Morgan fingerprint density at radius 2 is 2.08 bits per heavy atom. The van der Waals surface area contributed by atoms with Crippen LogP contribution < -0.4 is 0 Å². The molecule has 0 heterocycles. The molecule has 0 radical (unpaired) electrons. The molecule has 0 bridgehead atoms. The number of aliphatic hydroxyl groups excluding tert-OH is 1. The molecule has 0 aromatic heterocycles. The van der Waals surface area contributed by atoms with Crippen LogP contribution in [0.3, 0.4) is 0 Å². The molecule has 0 aliphatic carbocycles. The molecule has 0 aromatic carbocycles. The van der Waals surface area contributed by atoms with Gasteiger partial charge in [-0.15, -0.1) is 0 Å². The van der Waals surface area contributed by atoms with Crippen LogP contribution in [0, 0.1) is 0 Å². The van der Waals surface area contributed by atoms with Crippen molar-refractivity contribution in [3.63, 3.8) is 0 Å². The maximum atomic E-state index is 10.6. The molecule has 5 nitrogen and oxygen atoms in total. The Morgan fingerprint density at radius 1 is 1.58 bits per heavy atom. The molecule has 0 rings (SSSR count). The third kappa shape index (κ3) is 3.72. The highest BCUT2D eigenvalue weighted by atomic mass is 16.5. The summed E-state index contributed by atoms with van der Waals surface area (Å²) in [5.41, 5.74) is 0.160. The molecule has 0 spiro atoms. The van der Waals surface area contributed by atoms with E-state index in [-0.39, 0.29) is 5.57 Å². The Kier molecular flexibility index (Phi) is 3.99. The van der Waals surface area contributed by atoms with E-state index < -0.39 is 24.6 Å². The van der Waals surface area contributed by atoms with E-state index in [1.807, 2.05) is 0 Å².